The molecule has 0 spiro atoms. The highest BCUT2D eigenvalue weighted by atomic mass is 35.5. The molecular weight excluding hydrogens is 438 g/mol. The highest BCUT2D eigenvalue weighted by molar-refractivity contribution is 7.22. The maximum absolute atomic E-state index is 13.7. The number of nitrogens with zero attached hydrogens (tertiary/aromatic N) is 3. The topological polar surface area (TPSA) is 36.4 Å². The molecule has 6 heteroatoms. The highest BCUT2D eigenvalue weighted by Crippen LogP contribution is 2.33. The van der Waals surface area contributed by atoms with Crippen LogP contribution in [0.1, 0.15) is 35.3 Å². The molecule has 0 bridgehead atoms. The number of amides is 1. The minimum absolute atomic E-state index is 0. The van der Waals surface area contributed by atoms with Gasteiger partial charge < -0.3 is 4.90 Å². The lowest BCUT2D eigenvalue weighted by molar-refractivity contribution is 0.0984. The maximum Gasteiger partial charge on any atom is 0.260 e. The van der Waals surface area contributed by atoms with Crippen molar-refractivity contribution in [2.45, 2.75) is 27.7 Å². The number of benzene rings is 3. The smallest absolute Gasteiger partial charge is 0.260 e. The number of aryl methyl sites for hydroxylation is 2. The van der Waals surface area contributed by atoms with E-state index in [4.69, 9.17) is 4.98 Å². The molecule has 0 saturated carbocycles. The monoisotopic (exact) mass is 467 g/mol. The van der Waals surface area contributed by atoms with Crippen LogP contribution in [-0.4, -0.2) is 42.0 Å². The molecule has 3 aromatic carbocycles. The number of thiazole rings is 1. The zero-order valence-electron chi connectivity index (χ0n) is 19.1. The van der Waals surface area contributed by atoms with Crippen molar-refractivity contribution in [2.24, 2.45) is 0 Å². The van der Waals surface area contributed by atoms with Crippen LogP contribution >= 0.6 is 23.7 Å². The average Bonchev–Trinajstić information content (AvgIpc) is 3.23. The molecule has 0 aliphatic rings. The molecule has 0 radical (unpaired) electrons. The predicted molar refractivity (Wildman–Crippen MR) is 140 cm³/mol. The first-order valence-corrected chi connectivity index (χ1v) is 11.7. The van der Waals surface area contributed by atoms with Gasteiger partial charge in [0.1, 0.15) is 0 Å². The van der Waals surface area contributed by atoms with Crippen LogP contribution in [-0.2, 0) is 0 Å². The molecular formula is C26H30ClN3OS. The molecule has 4 nitrogen and oxygen atoms in total. The standard InChI is InChI=1S/C26H29N3OS.ClH/c1-5-28(6-2)15-16-29(26-27-24-19(4)18(3)11-14-23(24)31-26)25(30)22-13-12-20-9-7-8-10-21(20)17-22;/h7-14,17H,5-6,15-16H2,1-4H3;1H. The first-order valence-electron chi connectivity index (χ1n) is 10.9. The molecule has 168 valence electrons. The number of anilines is 1. The zero-order valence-corrected chi connectivity index (χ0v) is 20.7. The Balaban J connectivity index is 0.00000289. The maximum atomic E-state index is 13.7. The summed E-state index contributed by atoms with van der Waals surface area (Å²) in [5.74, 6) is 0.00587. The Labute approximate surface area is 200 Å². The summed E-state index contributed by atoms with van der Waals surface area (Å²) in [6.45, 7) is 11.9. The van der Waals surface area contributed by atoms with Gasteiger partial charge in [0, 0.05) is 18.7 Å². The zero-order chi connectivity index (χ0) is 22.0. The number of carbonyl (C=O) groups is 1. The van der Waals surface area contributed by atoms with E-state index >= 15 is 0 Å². The van der Waals surface area contributed by atoms with E-state index in [1.54, 1.807) is 11.3 Å². The number of hydrogen-bond acceptors (Lipinski definition) is 4. The first-order chi connectivity index (χ1) is 15.0. The van der Waals surface area contributed by atoms with Crippen LogP contribution < -0.4 is 4.90 Å². The van der Waals surface area contributed by atoms with Gasteiger partial charge in [-0.1, -0.05) is 61.6 Å². The largest absolute Gasteiger partial charge is 0.302 e. The molecule has 1 amide bonds. The first kappa shape index (κ1) is 24.2. The molecule has 0 atom stereocenters. The lowest BCUT2D eigenvalue weighted by Crippen LogP contribution is -2.38. The van der Waals surface area contributed by atoms with Crippen molar-refractivity contribution in [1.82, 2.24) is 9.88 Å². The van der Waals surface area contributed by atoms with Crippen LogP contribution in [0, 0.1) is 13.8 Å². The van der Waals surface area contributed by atoms with Crippen molar-refractivity contribution < 1.29 is 4.79 Å². The van der Waals surface area contributed by atoms with Crippen molar-refractivity contribution in [3.8, 4) is 0 Å². The van der Waals surface area contributed by atoms with Gasteiger partial charge in [0.15, 0.2) is 5.13 Å². The Morgan fingerprint density at radius 3 is 2.38 bits per heavy atom. The summed E-state index contributed by atoms with van der Waals surface area (Å²) in [7, 11) is 0. The normalized spacial score (nSPS) is 11.2. The summed E-state index contributed by atoms with van der Waals surface area (Å²) in [4.78, 5) is 22.8. The Hall–Kier alpha value is -2.47. The van der Waals surface area contributed by atoms with Crippen LogP contribution in [0.4, 0.5) is 5.13 Å². The van der Waals surface area contributed by atoms with Crippen LogP contribution in [0.15, 0.2) is 54.6 Å². The Bertz CT molecular complexity index is 1230. The summed E-state index contributed by atoms with van der Waals surface area (Å²) in [6.07, 6.45) is 0. The molecule has 1 heterocycles. The molecule has 0 aliphatic heterocycles. The van der Waals surface area contributed by atoms with Crippen LogP contribution in [0.5, 0.6) is 0 Å². The number of hydrogen-bond donors (Lipinski definition) is 0. The van der Waals surface area contributed by atoms with Gasteiger partial charge in [0.25, 0.3) is 5.91 Å². The van der Waals surface area contributed by atoms with Crippen molar-refractivity contribution in [2.75, 3.05) is 31.1 Å². The minimum atomic E-state index is 0. The summed E-state index contributed by atoms with van der Waals surface area (Å²) < 4.78 is 1.12. The Morgan fingerprint density at radius 1 is 0.938 bits per heavy atom. The Kier molecular flexibility index (Phi) is 7.88. The van der Waals surface area contributed by atoms with Crippen LogP contribution in [0.3, 0.4) is 0 Å². The van der Waals surface area contributed by atoms with E-state index in [1.807, 2.05) is 35.2 Å². The van der Waals surface area contributed by atoms with Crippen molar-refractivity contribution in [3.05, 3.63) is 71.3 Å². The molecule has 0 aliphatic carbocycles. The van der Waals surface area contributed by atoms with Gasteiger partial charge in [-0.15, -0.1) is 12.4 Å². The van der Waals surface area contributed by atoms with E-state index in [0.717, 1.165) is 45.8 Å². The van der Waals surface area contributed by atoms with E-state index in [2.05, 4.69) is 56.9 Å². The average molecular weight is 468 g/mol. The quantitative estimate of drug-likeness (QED) is 0.312. The van der Waals surface area contributed by atoms with E-state index in [1.165, 1.54) is 11.1 Å². The molecule has 32 heavy (non-hydrogen) atoms. The minimum Gasteiger partial charge on any atom is -0.302 e. The molecule has 0 fully saturated rings. The van der Waals surface area contributed by atoms with Gasteiger partial charge in [0.05, 0.1) is 10.2 Å². The summed E-state index contributed by atoms with van der Waals surface area (Å²) in [6, 6.07) is 18.3. The fourth-order valence-corrected chi connectivity index (χ4v) is 4.92. The highest BCUT2D eigenvalue weighted by Gasteiger charge is 2.22. The molecule has 1 aromatic heterocycles. The van der Waals surface area contributed by atoms with Crippen molar-refractivity contribution in [3.63, 3.8) is 0 Å². The number of carbonyl (C=O) groups excluding carboxylic acids is 1. The third-order valence-corrected chi connectivity index (χ3v) is 7.12. The summed E-state index contributed by atoms with van der Waals surface area (Å²) in [5.41, 5.74) is 4.10. The molecule has 0 N–H and O–H groups in total. The summed E-state index contributed by atoms with van der Waals surface area (Å²) in [5, 5.41) is 2.99. The fourth-order valence-electron chi connectivity index (χ4n) is 3.87. The lowest BCUT2D eigenvalue weighted by Gasteiger charge is -2.25. The van der Waals surface area contributed by atoms with Gasteiger partial charge in [-0.05, 0) is 67.0 Å². The van der Waals surface area contributed by atoms with Gasteiger partial charge in [0.2, 0.25) is 0 Å². The second-order valence-electron chi connectivity index (χ2n) is 7.90. The molecule has 4 rings (SSSR count). The predicted octanol–water partition coefficient (Wildman–Crippen LogP) is 6.48. The second-order valence-corrected chi connectivity index (χ2v) is 8.91. The third-order valence-electron chi connectivity index (χ3n) is 6.08. The second kappa shape index (κ2) is 10.4. The molecule has 0 unspecified atom stereocenters. The third kappa shape index (κ3) is 4.80. The van der Waals surface area contributed by atoms with E-state index in [9.17, 15) is 4.79 Å². The van der Waals surface area contributed by atoms with E-state index in [0.29, 0.717) is 12.1 Å². The van der Waals surface area contributed by atoms with E-state index in [-0.39, 0.29) is 18.3 Å². The number of rotatable bonds is 7. The number of fused-ring (bicyclic) bond motifs is 2. The fraction of sp³-hybridized carbons (Fsp3) is 0.308. The van der Waals surface area contributed by atoms with Gasteiger partial charge in [-0.2, -0.15) is 0 Å². The molecule has 4 aromatic rings. The van der Waals surface area contributed by atoms with Crippen molar-refractivity contribution in [1.29, 1.82) is 0 Å². The molecule has 0 saturated heterocycles. The van der Waals surface area contributed by atoms with Crippen LogP contribution in [0.2, 0.25) is 0 Å². The van der Waals surface area contributed by atoms with E-state index < -0.39 is 0 Å². The SMILES string of the molecule is CCN(CC)CCN(C(=O)c1ccc2ccccc2c1)c1nc2c(C)c(C)ccc2s1.Cl. The lowest BCUT2D eigenvalue weighted by atomic mass is 10.1. The number of halogens is 1. The van der Waals surface area contributed by atoms with Crippen LogP contribution in [0.25, 0.3) is 21.0 Å². The number of aromatic nitrogens is 1. The van der Waals surface area contributed by atoms with Gasteiger partial charge >= 0.3 is 0 Å². The van der Waals surface area contributed by atoms with Gasteiger partial charge in [-0.25, -0.2) is 4.98 Å². The Morgan fingerprint density at radius 2 is 1.66 bits per heavy atom. The summed E-state index contributed by atoms with van der Waals surface area (Å²) >= 11 is 1.60. The number of likely N-dealkylation sites (N-methyl/N-ethyl adjacent to an activating group) is 1. The van der Waals surface area contributed by atoms with Crippen molar-refractivity contribution >= 4 is 55.8 Å². The van der Waals surface area contributed by atoms with Gasteiger partial charge in [-0.3, -0.25) is 9.69 Å².